The lowest BCUT2D eigenvalue weighted by Gasteiger charge is -2.26. The lowest BCUT2D eigenvalue weighted by molar-refractivity contribution is 0.669. The van der Waals surface area contributed by atoms with Gasteiger partial charge >= 0.3 is 0 Å². The SMILES string of the molecule is c1ccc(-c2ccccc2-c2ccc(N(c3ccc4c(c3)oc3ccccc34)c3cccc4c3sc3ccc5ccccc5c34)cc2)cc1. The first-order valence-electron chi connectivity index (χ1n) is 16.6. The van der Waals surface area contributed by atoms with Crippen LogP contribution in [-0.2, 0) is 0 Å². The summed E-state index contributed by atoms with van der Waals surface area (Å²) in [6.45, 7) is 0. The van der Waals surface area contributed by atoms with Crippen molar-refractivity contribution in [2.75, 3.05) is 4.90 Å². The molecule has 0 saturated carbocycles. The lowest BCUT2D eigenvalue weighted by Crippen LogP contribution is -2.10. The average molecular weight is 644 g/mol. The quantitative estimate of drug-likeness (QED) is 0.186. The molecule has 0 fully saturated rings. The van der Waals surface area contributed by atoms with Crippen LogP contribution in [0.1, 0.15) is 0 Å². The largest absolute Gasteiger partial charge is 0.456 e. The van der Waals surface area contributed by atoms with E-state index in [2.05, 4.69) is 169 Å². The standard InChI is InChI=1S/C46H29NOS/c1-2-11-30(12-3-1)35-14-6-7-15-36(35)32-21-24-33(25-22-32)47(34-26-27-39-38-17-8-9-20-42(38)48-43(39)29-34)41-19-10-18-40-45-37-16-5-4-13-31(37)23-28-44(45)49-46(40)41/h1-29H. The Bertz CT molecular complexity index is 2830. The number of anilines is 3. The molecule has 0 bridgehead atoms. The van der Waals surface area contributed by atoms with Crippen molar-refractivity contribution in [2.45, 2.75) is 0 Å². The van der Waals surface area contributed by atoms with Crippen molar-refractivity contribution < 1.29 is 4.42 Å². The van der Waals surface area contributed by atoms with Crippen molar-refractivity contribution in [1.82, 2.24) is 0 Å². The molecule has 2 nitrogen and oxygen atoms in total. The van der Waals surface area contributed by atoms with Crippen LogP contribution >= 0.6 is 11.3 Å². The van der Waals surface area contributed by atoms with E-state index < -0.39 is 0 Å². The Morgan fingerprint density at radius 1 is 0.429 bits per heavy atom. The van der Waals surface area contributed by atoms with Gasteiger partial charge in [-0.15, -0.1) is 11.3 Å². The van der Waals surface area contributed by atoms with Crippen LogP contribution in [0.2, 0.25) is 0 Å². The monoisotopic (exact) mass is 643 g/mol. The Kier molecular flexibility index (Phi) is 6.39. The average Bonchev–Trinajstić information content (AvgIpc) is 3.75. The highest BCUT2D eigenvalue weighted by molar-refractivity contribution is 7.26. The molecule has 0 aliphatic carbocycles. The van der Waals surface area contributed by atoms with E-state index in [1.807, 2.05) is 23.5 Å². The minimum Gasteiger partial charge on any atom is -0.456 e. The van der Waals surface area contributed by atoms with Crippen molar-refractivity contribution in [1.29, 1.82) is 0 Å². The molecule has 0 N–H and O–H groups in total. The predicted molar refractivity (Wildman–Crippen MR) is 210 cm³/mol. The minimum atomic E-state index is 0.881. The summed E-state index contributed by atoms with van der Waals surface area (Å²) in [5.41, 5.74) is 9.92. The summed E-state index contributed by atoms with van der Waals surface area (Å²) in [7, 11) is 0. The third-order valence-electron chi connectivity index (χ3n) is 9.68. The Morgan fingerprint density at radius 2 is 1.08 bits per heavy atom. The molecule has 2 heterocycles. The normalized spacial score (nSPS) is 11.7. The van der Waals surface area contributed by atoms with Gasteiger partial charge in [-0.05, 0) is 75.5 Å². The molecular weight excluding hydrogens is 615 g/mol. The molecule has 230 valence electrons. The Balaban J connectivity index is 1.18. The molecule has 0 aliphatic rings. The Hall–Kier alpha value is -6.16. The molecule has 0 radical (unpaired) electrons. The van der Waals surface area contributed by atoms with E-state index in [1.165, 1.54) is 53.2 Å². The molecule has 8 aromatic carbocycles. The number of para-hydroxylation sites is 1. The van der Waals surface area contributed by atoms with Crippen LogP contribution in [0.5, 0.6) is 0 Å². The molecule has 0 saturated heterocycles. The molecule has 10 rings (SSSR count). The summed E-state index contributed by atoms with van der Waals surface area (Å²) in [6, 6.07) is 63.1. The number of fused-ring (bicyclic) bond motifs is 8. The third-order valence-corrected chi connectivity index (χ3v) is 10.9. The van der Waals surface area contributed by atoms with E-state index in [4.69, 9.17) is 4.42 Å². The van der Waals surface area contributed by atoms with E-state index in [1.54, 1.807) is 0 Å². The maximum absolute atomic E-state index is 6.41. The molecule has 0 unspecified atom stereocenters. The number of furan rings is 1. The molecule has 10 aromatic rings. The zero-order chi connectivity index (χ0) is 32.3. The van der Waals surface area contributed by atoms with Gasteiger partial charge in [0.05, 0.1) is 10.4 Å². The van der Waals surface area contributed by atoms with E-state index in [0.29, 0.717) is 0 Å². The lowest BCUT2D eigenvalue weighted by atomic mass is 9.94. The van der Waals surface area contributed by atoms with Crippen LogP contribution in [0.15, 0.2) is 180 Å². The van der Waals surface area contributed by atoms with Crippen molar-refractivity contribution >= 4 is 81.3 Å². The highest BCUT2D eigenvalue weighted by atomic mass is 32.1. The topological polar surface area (TPSA) is 16.4 Å². The fourth-order valence-corrected chi connectivity index (χ4v) is 8.63. The Labute approximate surface area is 287 Å². The number of hydrogen-bond donors (Lipinski definition) is 0. The van der Waals surface area contributed by atoms with Crippen molar-refractivity contribution in [3.8, 4) is 22.3 Å². The van der Waals surface area contributed by atoms with Gasteiger partial charge in [-0.25, -0.2) is 0 Å². The summed E-state index contributed by atoms with van der Waals surface area (Å²) >= 11 is 1.86. The van der Waals surface area contributed by atoms with Crippen molar-refractivity contribution in [3.63, 3.8) is 0 Å². The summed E-state index contributed by atoms with van der Waals surface area (Å²) in [6.07, 6.45) is 0. The fraction of sp³-hybridized carbons (Fsp3) is 0. The number of nitrogens with zero attached hydrogens (tertiary/aromatic N) is 1. The number of thiophene rings is 1. The van der Waals surface area contributed by atoms with Crippen LogP contribution in [-0.4, -0.2) is 0 Å². The number of hydrogen-bond acceptors (Lipinski definition) is 3. The third kappa shape index (κ3) is 4.55. The Morgan fingerprint density at radius 3 is 1.92 bits per heavy atom. The highest BCUT2D eigenvalue weighted by Gasteiger charge is 2.20. The van der Waals surface area contributed by atoms with E-state index in [-0.39, 0.29) is 0 Å². The van der Waals surface area contributed by atoms with Gasteiger partial charge in [0.1, 0.15) is 11.2 Å². The maximum Gasteiger partial charge on any atom is 0.137 e. The second-order valence-corrected chi connectivity index (χ2v) is 13.5. The summed E-state index contributed by atoms with van der Waals surface area (Å²) < 4.78 is 8.96. The number of benzene rings is 8. The van der Waals surface area contributed by atoms with Crippen LogP contribution in [0.4, 0.5) is 17.1 Å². The molecule has 0 amide bonds. The van der Waals surface area contributed by atoms with Gasteiger partial charge in [0.25, 0.3) is 0 Å². The second-order valence-electron chi connectivity index (χ2n) is 12.5. The first-order valence-corrected chi connectivity index (χ1v) is 17.4. The smallest absolute Gasteiger partial charge is 0.137 e. The van der Waals surface area contributed by atoms with Crippen molar-refractivity contribution in [2.24, 2.45) is 0 Å². The van der Waals surface area contributed by atoms with Gasteiger partial charge in [0.2, 0.25) is 0 Å². The minimum absolute atomic E-state index is 0.881. The maximum atomic E-state index is 6.41. The van der Waals surface area contributed by atoms with Gasteiger partial charge in [0, 0.05) is 43.7 Å². The first kappa shape index (κ1) is 27.9. The van der Waals surface area contributed by atoms with Gasteiger partial charge in [-0.2, -0.15) is 0 Å². The van der Waals surface area contributed by atoms with Crippen LogP contribution in [0, 0.1) is 0 Å². The molecular formula is C46H29NOS. The van der Waals surface area contributed by atoms with Crippen molar-refractivity contribution in [3.05, 3.63) is 176 Å². The fourth-order valence-electron chi connectivity index (χ4n) is 7.40. The van der Waals surface area contributed by atoms with Gasteiger partial charge in [-0.1, -0.05) is 127 Å². The molecule has 3 heteroatoms. The zero-order valence-corrected chi connectivity index (χ0v) is 27.3. The second kappa shape index (κ2) is 11.2. The van der Waals surface area contributed by atoms with Gasteiger partial charge in [0.15, 0.2) is 0 Å². The van der Waals surface area contributed by atoms with Crippen LogP contribution in [0.25, 0.3) is 75.1 Å². The number of rotatable bonds is 5. The highest BCUT2D eigenvalue weighted by Crippen LogP contribution is 2.47. The molecule has 0 atom stereocenters. The molecule has 49 heavy (non-hydrogen) atoms. The molecule has 0 aliphatic heterocycles. The van der Waals surface area contributed by atoms with Gasteiger partial charge in [-0.3, -0.25) is 0 Å². The summed E-state index contributed by atoms with van der Waals surface area (Å²) in [5.74, 6) is 0. The summed E-state index contributed by atoms with van der Waals surface area (Å²) in [5, 5.41) is 7.41. The predicted octanol–water partition coefficient (Wildman–Crippen LogP) is 13.9. The first-order chi connectivity index (χ1) is 24.3. The molecule has 0 spiro atoms. The zero-order valence-electron chi connectivity index (χ0n) is 26.5. The van der Waals surface area contributed by atoms with E-state index in [9.17, 15) is 0 Å². The van der Waals surface area contributed by atoms with Gasteiger partial charge < -0.3 is 9.32 Å². The summed E-state index contributed by atoms with van der Waals surface area (Å²) in [4.78, 5) is 2.39. The van der Waals surface area contributed by atoms with Crippen LogP contribution < -0.4 is 4.90 Å². The molecule has 2 aromatic heterocycles. The van der Waals surface area contributed by atoms with E-state index in [0.717, 1.165) is 39.0 Å². The van der Waals surface area contributed by atoms with E-state index >= 15 is 0 Å². The van der Waals surface area contributed by atoms with Crippen LogP contribution in [0.3, 0.4) is 0 Å².